The van der Waals surface area contributed by atoms with Crippen LogP contribution in [0.4, 0.5) is 0 Å². The second-order valence-corrected chi connectivity index (χ2v) is 5.29. The minimum Gasteiger partial charge on any atom is -0.512 e. The zero-order valence-corrected chi connectivity index (χ0v) is 11.5. The van der Waals surface area contributed by atoms with Crippen molar-refractivity contribution in [2.24, 2.45) is 11.8 Å². The Hall–Kier alpha value is -0.271. The van der Waals surface area contributed by atoms with E-state index in [1.165, 1.54) is 38.2 Å². The largest absolute Gasteiger partial charge is 0.512 e. The van der Waals surface area contributed by atoms with Gasteiger partial charge in [-0.3, -0.25) is 4.79 Å². The van der Waals surface area contributed by atoms with Crippen molar-refractivity contribution in [3.05, 3.63) is 11.8 Å². The van der Waals surface area contributed by atoms with Crippen LogP contribution in [0.1, 0.15) is 57.8 Å². The minimum atomic E-state index is 0. The number of hydrogen-bond donors (Lipinski definition) is 1. The van der Waals surface area contributed by atoms with Crippen molar-refractivity contribution in [3.63, 3.8) is 0 Å². The van der Waals surface area contributed by atoms with Gasteiger partial charge in [-0.15, -0.1) is 0 Å². The fraction of sp³-hybridized carbons (Fsp3) is 0.786. The Morgan fingerprint density at radius 2 is 1.35 bits per heavy atom. The molecule has 0 amide bonds. The number of aliphatic hydroxyl groups is 1. The summed E-state index contributed by atoms with van der Waals surface area (Å²) in [7, 11) is 0. The van der Waals surface area contributed by atoms with Crippen LogP contribution in [0.15, 0.2) is 11.8 Å². The molecule has 0 aromatic heterocycles. The molecule has 2 aliphatic rings. The molecule has 2 saturated carbocycles. The number of allylic oxidation sites excluding steroid dienone is 2. The number of rotatable bonds is 3. The molecule has 0 atom stereocenters. The van der Waals surface area contributed by atoms with Gasteiger partial charge in [-0.25, -0.2) is 0 Å². The molecule has 0 bridgehead atoms. The first-order chi connectivity index (χ1) is 7.77. The van der Waals surface area contributed by atoms with E-state index in [-0.39, 0.29) is 34.7 Å². The van der Waals surface area contributed by atoms with Crippen LogP contribution in [0.2, 0.25) is 0 Å². The molecule has 1 N–H and O–H groups in total. The summed E-state index contributed by atoms with van der Waals surface area (Å²) < 4.78 is 0. The molecule has 2 aliphatic carbocycles. The van der Waals surface area contributed by atoms with Crippen LogP contribution in [0.25, 0.3) is 0 Å². The van der Waals surface area contributed by atoms with Gasteiger partial charge in [-0.05, 0) is 25.7 Å². The molecule has 0 unspecified atom stereocenters. The van der Waals surface area contributed by atoms with E-state index in [0.29, 0.717) is 5.76 Å². The van der Waals surface area contributed by atoms with E-state index >= 15 is 0 Å². The van der Waals surface area contributed by atoms with Gasteiger partial charge in [-0.2, -0.15) is 0 Å². The maximum absolute atomic E-state index is 11.9. The molecule has 17 heavy (non-hydrogen) atoms. The molecule has 0 heterocycles. The van der Waals surface area contributed by atoms with E-state index < -0.39 is 0 Å². The third kappa shape index (κ3) is 4.15. The van der Waals surface area contributed by atoms with Crippen LogP contribution in [-0.4, -0.2) is 10.9 Å². The van der Waals surface area contributed by atoms with E-state index in [4.69, 9.17) is 0 Å². The Balaban J connectivity index is 0.00000144. The summed E-state index contributed by atoms with van der Waals surface area (Å²) in [5.74, 6) is 0.988. The molecule has 2 fully saturated rings. The number of carbonyl (C=O) groups excluding carboxylic acids is 1. The van der Waals surface area contributed by atoms with Crippen molar-refractivity contribution in [2.45, 2.75) is 57.8 Å². The van der Waals surface area contributed by atoms with Crippen molar-refractivity contribution < 1.29 is 27.0 Å². The number of carbonyl (C=O) groups is 1. The van der Waals surface area contributed by atoms with E-state index in [0.717, 1.165) is 25.7 Å². The molecule has 0 saturated heterocycles. The first-order valence-corrected chi connectivity index (χ1v) is 6.72. The average Bonchev–Trinajstić information content (AvgIpc) is 2.83. The summed E-state index contributed by atoms with van der Waals surface area (Å²) in [5, 5.41) is 9.89. The van der Waals surface area contributed by atoms with Gasteiger partial charge in [0.1, 0.15) is 0 Å². The fourth-order valence-electron chi connectivity index (χ4n) is 2.99. The van der Waals surface area contributed by atoms with Crippen LogP contribution in [0.3, 0.4) is 0 Å². The molecule has 97 valence electrons. The Bertz CT molecular complexity index is 274. The third-order valence-electron chi connectivity index (χ3n) is 4.07. The quantitative estimate of drug-likeness (QED) is 0.484. The monoisotopic (exact) mass is 277 g/mol. The van der Waals surface area contributed by atoms with Crippen molar-refractivity contribution in [1.82, 2.24) is 0 Å². The Morgan fingerprint density at radius 1 is 0.882 bits per heavy atom. The molecule has 0 aromatic carbocycles. The van der Waals surface area contributed by atoms with E-state index in [9.17, 15) is 9.90 Å². The molecule has 1 radical (unpaired) electrons. The summed E-state index contributed by atoms with van der Waals surface area (Å²) >= 11 is 0. The zero-order chi connectivity index (χ0) is 11.4. The van der Waals surface area contributed by atoms with Gasteiger partial charge in [0.15, 0.2) is 5.78 Å². The number of ketones is 1. The molecule has 3 heteroatoms. The number of hydrogen-bond acceptors (Lipinski definition) is 2. The maximum atomic E-state index is 11.9. The van der Waals surface area contributed by atoms with Gasteiger partial charge >= 0.3 is 0 Å². The Morgan fingerprint density at radius 3 is 1.94 bits per heavy atom. The van der Waals surface area contributed by atoms with Crippen molar-refractivity contribution in [1.29, 1.82) is 0 Å². The normalized spacial score (nSPS) is 23.4. The van der Waals surface area contributed by atoms with Gasteiger partial charge in [-0.1, -0.05) is 32.1 Å². The van der Waals surface area contributed by atoms with Crippen LogP contribution < -0.4 is 0 Å². The minimum absolute atomic E-state index is 0. The van der Waals surface area contributed by atoms with E-state index in [2.05, 4.69) is 0 Å². The first kappa shape index (κ1) is 14.8. The van der Waals surface area contributed by atoms with Gasteiger partial charge in [0.2, 0.25) is 0 Å². The summed E-state index contributed by atoms with van der Waals surface area (Å²) in [6.45, 7) is 0. The molecular formula is C14H22MnO2. The summed E-state index contributed by atoms with van der Waals surface area (Å²) in [5.41, 5.74) is 0. The molecule has 0 aromatic rings. The second-order valence-electron chi connectivity index (χ2n) is 5.29. The Kier molecular flexibility index (Phi) is 6.29. The maximum Gasteiger partial charge on any atom is 0.162 e. The Labute approximate surface area is 114 Å². The van der Waals surface area contributed by atoms with Gasteiger partial charge < -0.3 is 5.11 Å². The van der Waals surface area contributed by atoms with Gasteiger partial charge in [0.25, 0.3) is 0 Å². The topological polar surface area (TPSA) is 37.3 Å². The average molecular weight is 277 g/mol. The predicted octanol–water partition coefficient (Wildman–Crippen LogP) is 3.77. The molecule has 0 spiro atoms. The van der Waals surface area contributed by atoms with E-state index in [1.807, 2.05) is 0 Å². The van der Waals surface area contributed by atoms with Crippen LogP contribution >= 0.6 is 0 Å². The molecule has 2 nitrogen and oxygen atoms in total. The molecular weight excluding hydrogens is 255 g/mol. The number of aliphatic hydroxyl groups excluding tert-OH is 1. The third-order valence-corrected chi connectivity index (χ3v) is 4.07. The van der Waals surface area contributed by atoms with Crippen molar-refractivity contribution >= 4 is 5.78 Å². The summed E-state index contributed by atoms with van der Waals surface area (Å²) in [6, 6.07) is 0. The van der Waals surface area contributed by atoms with Crippen LogP contribution in [0.5, 0.6) is 0 Å². The fourth-order valence-corrected chi connectivity index (χ4v) is 2.99. The van der Waals surface area contributed by atoms with Gasteiger partial charge in [0, 0.05) is 35.0 Å². The van der Waals surface area contributed by atoms with Crippen molar-refractivity contribution in [3.8, 4) is 0 Å². The van der Waals surface area contributed by atoms with Crippen LogP contribution in [-0.2, 0) is 21.9 Å². The van der Waals surface area contributed by atoms with E-state index in [1.54, 1.807) is 0 Å². The smallest absolute Gasteiger partial charge is 0.162 e. The van der Waals surface area contributed by atoms with Gasteiger partial charge in [0.05, 0.1) is 5.76 Å². The van der Waals surface area contributed by atoms with Crippen molar-refractivity contribution in [2.75, 3.05) is 0 Å². The zero-order valence-electron chi connectivity index (χ0n) is 10.3. The predicted molar refractivity (Wildman–Crippen MR) is 64.3 cm³/mol. The van der Waals surface area contributed by atoms with Crippen LogP contribution in [0, 0.1) is 11.8 Å². The standard InChI is InChI=1S/C14H22O2.Mn/c15-13(11-6-2-1-3-7-11)10-14(16)12-8-4-5-9-12;/h10-12,16H,1-9H2;/b14-10-;. The molecule has 2 rings (SSSR count). The summed E-state index contributed by atoms with van der Waals surface area (Å²) in [6.07, 6.45) is 11.7. The molecule has 0 aliphatic heterocycles. The summed E-state index contributed by atoms with van der Waals surface area (Å²) in [4.78, 5) is 11.9. The SMILES string of the molecule is O=C(/C=C(\O)C1CCCC1)C1CCCCC1.[Mn]. The second kappa shape index (κ2) is 7.23. The first-order valence-electron chi connectivity index (χ1n) is 6.72.